The van der Waals surface area contributed by atoms with E-state index in [1.165, 1.54) is 35.2 Å². The molecule has 0 spiro atoms. The topological polar surface area (TPSA) is 86.8 Å². The zero-order valence-electron chi connectivity index (χ0n) is 23.2. The lowest BCUT2D eigenvalue weighted by Crippen LogP contribution is -2.53. The molecule has 7 nitrogen and oxygen atoms in total. The molecule has 1 fully saturated rings. The number of carbonyl (C=O) groups is 2. The number of nitrogens with one attached hydrogen (secondary N) is 1. The highest BCUT2D eigenvalue weighted by molar-refractivity contribution is 7.92. The molecule has 1 aliphatic carbocycles. The van der Waals surface area contributed by atoms with Gasteiger partial charge in [0.25, 0.3) is 10.0 Å². The summed E-state index contributed by atoms with van der Waals surface area (Å²) in [7, 11) is -4.20. The van der Waals surface area contributed by atoms with Gasteiger partial charge in [0, 0.05) is 22.6 Å². The van der Waals surface area contributed by atoms with Crippen LogP contribution < -0.4 is 9.62 Å². The quantitative estimate of drug-likeness (QED) is 0.287. The Labute approximate surface area is 252 Å². The summed E-state index contributed by atoms with van der Waals surface area (Å²) in [5.41, 5.74) is 2.06. The first-order valence-electron chi connectivity index (χ1n) is 13.7. The minimum Gasteiger partial charge on any atom is -0.352 e. The van der Waals surface area contributed by atoms with Crippen LogP contribution in [0.4, 0.5) is 5.69 Å². The standard InChI is InChI=1S/C31H35Cl2N3O4S/c1-22-9-6-7-10-24(22)20-35(23(2)31(38)34-27-12-4-3-5-13-27)30(37)21-36(28-14-8-11-26(33)19-28)41(39,40)29-17-15-25(32)16-18-29/h6-11,14-19,23,27H,3-5,12-13,20-21H2,1-2H3,(H,34,38)/t23-/m1/s1. The molecule has 218 valence electrons. The fraction of sp³-hybridized carbons (Fsp3) is 0.355. The van der Waals surface area contributed by atoms with E-state index >= 15 is 0 Å². The lowest BCUT2D eigenvalue weighted by molar-refractivity contribution is -0.139. The molecule has 0 bridgehead atoms. The Kier molecular flexibility index (Phi) is 10.3. The maximum absolute atomic E-state index is 14.1. The Morgan fingerprint density at radius 2 is 1.61 bits per heavy atom. The van der Waals surface area contributed by atoms with E-state index in [0.717, 1.165) is 47.5 Å². The van der Waals surface area contributed by atoms with E-state index in [1.54, 1.807) is 25.1 Å². The number of carbonyl (C=O) groups excluding carboxylic acids is 2. The smallest absolute Gasteiger partial charge is 0.264 e. The molecule has 0 aliphatic heterocycles. The van der Waals surface area contributed by atoms with Crippen molar-refractivity contribution >= 4 is 50.7 Å². The van der Waals surface area contributed by atoms with Gasteiger partial charge in [0.2, 0.25) is 11.8 Å². The average Bonchev–Trinajstić information content (AvgIpc) is 2.95. The van der Waals surface area contributed by atoms with Crippen molar-refractivity contribution in [1.29, 1.82) is 0 Å². The minimum atomic E-state index is -4.20. The Morgan fingerprint density at radius 1 is 0.927 bits per heavy atom. The molecule has 3 aromatic rings. The van der Waals surface area contributed by atoms with Crippen molar-refractivity contribution in [3.63, 3.8) is 0 Å². The summed E-state index contributed by atoms with van der Waals surface area (Å²) >= 11 is 12.2. The van der Waals surface area contributed by atoms with Gasteiger partial charge in [0.1, 0.15) is 12.6 Å². The van der Waals surface area contributed by atoms with Crippen molar-refractivity contribution in [1.82, 2.24) is 10.2 Å². The molecular weight excluding hydrogens is 581 g/mol. The van der Waals surface area contributed by atoms with Crippen LogP contribution in [0.5, 0.6) is 0 Å². The first-order valence-corrected chi connectivity index (χ1v) is 15.9. The Hall–Kier alpha value is -3.07. The predicted octanol–water partition coefficient (Wildman–Crippen LogP) is 6.36. The number of hydrogen-bond donors (Lipinski definition) is 1. The maximum Gasteiger partial charge on any atom is 0.264 e. The van der Waals surface area contributed by atoms with Crippen molar-refractivity contribution in [3.8, 4) is 0 Å². The molecule has 0 radical (unpaired) electrons. The summed E-state index contributed by atoms with van der Waals surface area (Å²) in [6, 6.07) is 18.9. The van der Waals surface area contributed by atoms with Gasteiger partial charge < -0.3 is 10.2 Å². The second-order valence-electron chi connectivity index (χ2n) is 10.4. The van der Waals surface area contributed by atoms with Crippen LogP contribution in [0.1, 0.15) is 50.2 Å². The van der Waals surface area contributed by atoms with Gasteiger partial charge >= 0.3 is 0 Å². The van der Waals surface area contributed by atoms with Gasteiger partial charge in [-0.15, -0.1) is 0 Å². The molecule has 1 saturated carbocycles. The maximum atomic E-state index is 14.1. The fourth-order valence-corrected chi connectivity index (χ4v) is 6.73. The number of halogens is 2. The zero-order chi connectivity index (χ0) is 29.6. The van der Waals surface area contributed by atoms with Crippen LogP contribution in [-0.4, -0.2) is 43.8 Å². The highest BCUT2D eigenvalue weighted by Crippen LogP contribution is 2.28. The molecule has 0 unspecified atom stereocenters. The molecule has 1 atom stereocenters. The summed E-state index contributed by atoms with van der Waals surface area (Å²) in [5, 5.41) is 3.82. The van der Waals surface area contributed by atoms with Gasteiger partial charge in [0.15, 0.2) is 0 Å². The third kappa shape index (κ3) is 7.82. The zero-order valence-corrected chi connectivity index (χ0v) is 25.6. The highest BCUT2D eigenvalue weighted by Gasteiger charge is 2.33. The van der Waals surface area contributed by atoms with E-state index in [1.807, 2.05) is 31.2 Å². The van der Waals surface area contributed by atoms with Crippen LogP contribution in [0.3, 0.4) is 0 Å². The van der Waals surface area contributed by atoms with E-state index in [9.17, 15) is 18.0 Å². The molecule has 3 aromatic carbocycles. The lowest BCUT2D eigenvalue weighted by atomic mass is 9.95. The van der Waals surface area contributed by atoms with E-state index in [0.29, 0.717) is 10.0 Å². The summed E-state index contributed by atoms with van der Waals surface area (Å²) in [4.78, 5) is 28.9. The molecule has 0 aromatic heterocycles. The number of rotatable bonds is 10. The molecule has 0 heterocycles. The SMILES string of the molecule is Cc1ccccc1CN(C(=O)CN(c1cccc(Cl)c1)S(=O)(=O)c1ccc(Cl)cc1)[C@H](C)C(=O)NC1CCCCC1. The lowest BCUT2D eigenvalue weighted by Gasteiger charge is -2.33. The van der Waals surface area contributed by atoms with Gasteiger partial charge in [0.05, 0.1) is 10.6 Å². The van der Waals surface area contributed by atoms with Crippen LogP contribution in [0.2, 0.25) is 10.0 Å². The van der Waals surface area contributed by atoms with Gasteiger partial charge in [-0.3, -0.25) is 13.9 Å². The fourth-order valence-electron chi connectivity index (χ4n) is 5.02. The number of hydrogen-bond acceptors (Lipinski definition) is 4. The van der Waals surface area contributed by atoms with Gasteiger partial charge in [-0.2, -0.15) is 0 Å². The molecular formula is C31H35Cl2N3O4S. The molecule has 0 saturated heterocycles. The normalized spacial score (nSPS) is 14.7. The number of amides is 2. The number of benzene rings is 3. The number of sulfonamides is 1. The molecule has 2 amide bonds. The predicted molar refractivity (Wildman–Crippen MR) is 164 cm³/mol. The Balaban J connectivity index is 1.68. The Bertz CT molecular complexity index is 1470. The first-order chi connectivity index (χ1) is 19.6. The largest absolute Gasteiger partial charge is 0.352 e. The molecule has 1 aliphatic rings. The van der Waals surface area contributed by atoms with Crippen molar-refractivity contribution in [2.45, 2.75) is 69.5 Å². The van der Waals surface area contributed by atoms with Crippen molar-refractivity contribution < 1.29 is 18.0 Å². The van der Waals surface area contributed by atoms with Crippen LogP contribution in [0.25, 0.3) is 0 Å². The molecule has 10 heteroatoms. The van der Waals surface area contributed by atoms with Crippen molar-refractivity contribution in [3.05, 3.63) is 94.0 Å². The van der Waals surface area contributed by atoms with Crippen LogP contribution in [-0.2, 0) is 26.2 Å². The van der Waals surface area contributed by atoms with Gasteiger partial charge in [-0.25, -0.2) is 8.42 Å². The second-order valence-corrected chi connectivity index (χ2v) is 13.1. The van der Waals surface area contributed by atoms with Crippen molar-refractivity contribution in [2.75, 3.05) is 10.8 Å². The van der Waals surface area contributed by atoms with Gasteiger partial charge in [-0.1, -0.05) is 72.8 Å². The van der Waals surface area contributed by atoms with Crippen LogP contribution in [0.15, 0.2) is 77.7 Å². The number of anilines is 1. The summed E-state index contributed by atoms with van der Waals surface area (Å²) in [5.74, 6) is -0.772. The average molecular weight is 617 g/mol. The molecule has 41 heavy (non-hydrogen) atoms. The summed E-state index contributed by atoms with van der Waals surface area (Å²) < 4.78 is 28.8. The third-order valence-corrected chi connectivity index (χ3v) is 9.77. The van der Waals surface area contributed by atoms with Gasteiger partial charge in [-0.05, 0) is 80.3 Å². The monoisotopic (exact) mass is 615 g/mol. The minimum absolute atomic E-state index is 0.0248. The first kappa shape index (κ1) is 30.9. The second kappa shape index (κ2) is 13.7. The number of aryl methyl sites for hydroxylation is 1. The van der Waals surface area contributed by atoms with E-state index < -0.39 is 28.5 Å². The highest BCUT2D eigenvalue weighted by atomic mass is 35.5. The van der Waals surface area contributed by atoms with Crippen molar-refractivity contribution in [2.24, 2.45) is 0 Å². The van der Waals surface area contributed by atoms with E-state index in [4.69, 9.17) is 23.2 Å². The van der Waals surface area contributed by atoms with E-state index in [-0.39, 0.29) is 29.1 Å². The molecule has 1 N–H and O–H groups in total. The summed E-state index contributed by atoms with van der Waals surface area (Å²) in [6.45, 7) is 3.24. The Morgan fingerprint density at radius 3 is 2.27 bits per heavy atom. The number of nitrogens with zero attached hydrogens (tertiary/aromatic N) is 2. The van der Waals surface area contributed by atoms with Crippen LogP contribution >= 0.6 is 23.2 Å². The summed E-state index contributed by atoms with van der Waals surface area (Å²) in [6.07, 6.45) is 5.09. The molecule has 4 rings (SSSR count). The van der Waals surface area contributed by atoms with Crippen LogP contribution in [0, 0.1) is 6.92 Å². The third-order valence-electron chi connectivity index (χ3n) is 7.50. The van der Waals surface area contributed by atoms with E-state index in [2.05, 4.69) is 5.32 Å².